The van der Waals surface area contributed by atoms with E-state index >= 15 is 0 Å². The standard InChI is InChI=1S/C17H19N5O2/c1-17(2,3)22-15(20-8-4-5-9-20)12-10-21(11-13(12)19-22)16(23)14-6-7-18-24-14/h4-9H,10-11H2,1-3H3. The first-order valence-electron chi connectivity index (χ1n) is 7.90. The molecule has 124 valence electrons. The largest absolute Gasteiger partial charge is 0.351 e. The average molecular weight is 325 g/mol. The molecule has 7 heteroatoms. The zero-order chi connectivity index (χ0) is 16.9. The van der Waals surface area contributed by atoms with Gasteiger partial charge in [0.2, 0.25) is 5.76 Å². The second-order valence-corrected chi connectivity index (χ2v) is 6.96. The van der Waals surface area contributed by atoms with Gasteiger partial charge in [-0.3, -0.25) is 4.79 Å². The molecule has 3 aromatic rings. The number of amides is 1. The molecule has 7 nitrogen and oxygen atoms in total. The van der Waals surface area contributed by atoms with E-state index in [0.29, 0.717) is 13.1 Å². The summed E-state index contributed by atoms with van der Waals surface area (Å²) in [6, 6.07) is 5.55. The van der Waals surface area contributed by atoms with Crippen molar-refractivity contribution in [1.82, 2.24) is 24.4 Å². The maximum atomic E-state index is 12.5. The Balaban J connectivity index is 1.74. The molecule has 0 bridgehead atoms. The molecule has 0 fully saturated rings. The van der Waals surface area contributed by atoms with Gasteiger partial charge < -0.3 is 14.0 Å². The van der Waals surface area contributed by atoms with Gasteiger partial charge in [0, 0.05) is 24.0 Å². The van der Waals surface area contributed by atoms with Crippen LogP contribution in [0.25, 0.3) is 5.82 Å². The Morgan fingerprint density at radius 1 is 1.21 bits per heavy atom. The number of carbonyl (C=O) groups excluding carboxylic acids is 1. The maximum Gasteiger partial charge on any atom is 0.293 e. The van der Waals surface area contributed by atoms with Crippen LogP contribution < -0.4 is 0 Å². The molecule has 0 radical (unpaired) electrons. The van der Waals surface area contributed by atoms with Crippen molar-refractivity contribution in [2.24, 2.45) is 0 Å². The van der Waals surface area contributed by atoms with Crippen LogP contribution in [0.2, 0.25) is 0 Å². The number of fused-ring (bicyclic) bond motifs is 1. The summed E-state index contributed by atoms with van der Waals surface area (Å²) in [6.45, 7) is 7.36. The van der Waals surface area contributed by atoms with Crippen molar-refractivity contribution in [3.63, 3.8) is 0 Å². The molecular formula is C17H19N5O2. The summed E-state index contributed by atoms with van der Waals surface area (Å²) in [4.78, 5) is 14.2. The Kier molecular flexibility index (Phi) is 3.13. The molecule has 4 rings (SSSR count). The monoisotopic (exact) mass is 325 g/mol. The van der Waals surface area contributed by atoms with E-state index in [1.165, 1.54) is 6.20 Å². The predicted octanol–water partition coefficient (Wildman–Crippen LogP) is 2.57. The molecule has 0 aromatic carbocycles. The number of hydrogen-bond donors (Lipinski definition) is 0. The smallest absolute Gasteiger partial charge is 0.293 e. The molecule has 24 heavy (non-hydrogen) atoms. The van der Waals surface area contributed by atoms with Gasteiger partial charge in [-0.25, -0.2) is 4.68 Å². The number of hydrogen-bond acceptors (Lipinski definition) is 4. The third-order valence-electron chi connectivity index (χ3n) is 4.15. The zero-order valence-electron chi connectivity index (χ0n) is 13.9. The van der Waals surface area contributed by atoms with Gasteiger partial charge in [-0.05, 0) is 32.9 Å². The fourth-order valence-electron chi connectivity index (χ4n) is 3.04. The van der Waals surface area contributed by atoms with Gasteiger partial charge in [0.15, 0.2) is 0 Å². The molecular weight excluding hydrogens is 306 g/mol. The number of carbonyl (C=O) groups is 1. The van der Waals surface area contributed by atoms with Crippen molar-refractivity contribution < 1.29 is 9.32 Å². The highest BCUT2D eigenvalue weighted by atomic mass is 16.5. The highest BCUT2D eigenvalue weighted by Crippen LogP contribution is 2.32. The minimum absolute atomic E-state index is 0.149. The fraction of sp³-hybridized carbons (Fsp3) is 0.353. The highest BCUT2D eigenvalue weighted by Gasteiger charge is 2.34. The SMILES string of the molecule is CC(C)(C)n1nc2c(c1-n1cccc1)CN(C(=O)c1ccno1)C2. The van der Waals surface area contributed by atoms with E-state index in [2.05, 4.69) is 30.5 Å². The summed E-state index contributed by atoms with van der Waals surface area (Å²) in [5, 5.41) is 8.40. The van der Waals surface area contributed by atoms with Gasteiger partial charge >= 0.3 is 0 Å². The molecule has 0 aliphatic carbocycles. The first kappa shape index (κ1) is 14.7. The lowest BCUT2D eigenvalue weighted by Crippen LogP contribution is -2.29. The molecule has 1 aliphatic rings. The maximum absolute atomic E-state index is 12.5. The summed E-state index contributed by atoms with van der Waals surface area (Å²) < 4.78 is 9.08. The zero-order valence-corrected chi connectivity index (χ0v) is 13.9. The number of rotatable bonds is 2. The molecule has 0 spiro atoms. The highest BCUT2D eigenvalue weighted by molar-refractivity contribution is 5.91. The summed E-state index contributed by atoms with van der Waals surface area (Å²) in [5.41, 5.74) is 1.86. The van der Waals surface area contributed by atoms with Crippen molar-refractivity contribution in [1.29, 1.82) is 0 Å². The summed E-state index contributed by atoms with van der Waals surface area (Å²) in [7, 11) is 0. The van der Waals surface area contributed by atoms with Gasteiger partial charge in [0.1, 0.15) is 5.82 Å². The topological polar surface area (TPSA) is 69.1 Å². The van der Waals surface area contributed by atoms with Crippen LogP contribution in [0.3, 0.4) is 0 Å². The normalized spacial score (nSPS) is 14.2. The van der Waals surface area contributed by atoms with E-state index in [4.69, 9.17) is 9.62 Å². The minimum Gasteiger partial charge on any atom is -0.351 e. The van der Waals surface area contributed by atoms with Crippen LogP contribution in [0, 0.1) is 0 Å². The Morgan fingerprint density at radius 2 is 1.96 bits per heavy atom. The van der Waals surface area contributed by atoms with Crippen molar-refractivity contribution in [2.45, 2.75) is 39.4 Å². The van der Waals surface area contributed by atoms with Gasteiger partial charge in [-0.1, -0.05) is 5.16 Å². The van der Waals surface area contributed by atoms with Gasteiger partial charge in [0.05, 0.1) is 30.5 Å². The van der Waals surface area contributed by atoms with E-state index < -0.39 is 0 Å². The first-order valence-corrected chi connectivity index (χ1v) is 7.90. The minimum atomic E-state index is -0.161. The second-order valence-electron chi connectivity index (χ2n) is 6.96. The molecule has 0 unspecified atom stereocenters. The average Bonchev–Trinajstić information content (AvgIpc) is 3.27. The van der Waals surface area contributed by atoms with Gasteiger partial charge in [0.25, 0.3) is 5.91 Å². The van der Waals surface area contributed by atoms with Crippen LogP contribution in [0.5, 0.6) is 0 Å². The van der Waals surface area contributed by atoms with Gasteiger partial charge in [-0.2, -0.15) is 5.10 Å². The van der Waals surface area contributed by atoms with Crippen LogP contribution in [0.1, 0.15) is 42.6 Å². The molecule has 0 saturated carbocycles. The molecule has 4 heterocycles. The molecule has 3 aromatic heterocycles. The molecule has 1 aliphatic heterocycles. The van der Waals surface area contributed by atoms with Crippen LogP contribution in [-0.4, -0.2) is 30.3 Å². The number of aromatic nitrogens is 4. The Hall–Kier alpha value is -2.83. The Bertz CT molecular complexity index is 869. The second kappa shape index (κ2) is 5.09. The van der Waals surface area contributed by atoms with E-state index in [0.717, 1.165) is 17.1 Å². The Labute approximate surface area is 139 Å². The first-order chi connectivity index (χ1) is 11.4. The lowest BCUT2D eigenvalue weighted by atomic mass is 10.1. The summed E-state index contributed by atoms with van der Waals surface area (Å²) in [5.74, 6) is 1.10. The van der Waals surface area contributed by atoms with Crippen molar-refractivity contribution >= 4 is 5.91 Å². The van der Waals surface area contributed by atoms with E-state index in [1.54, 1.807) is 11.0 Å². The number of nitrogens with zero attached hydrogens (tertiary/aromatic N) is 5. The van der Waals surface area contributed by atoms with Crippen molar-refractivity contribution in [3.05, 3.63) is 53.8 Å². The predicted molar refractivity (Wildman–Crippen MR) is 86.6 cm³/mol. The Morgan fingerprint density at radius 3 is 2.58 bits per heavy atom. The van der Waals surface area contributed by atoms with Crippen LogP contribution >= 0.6 is 0 Å². The van der Waals surface area contributed by atoms with Crippen LogP contribution in [0.15, 0.2) is 41.3 Å². The molecule has 0 saturated heterocycles. The molecule has 1 amide bonds. The van der Waals surface area contributed by atoms with Crippen LogP contribution in [0.4, 0.5) is 0 Å². The van der Waals surface area contributed by atoms with Crippen molar-refractivity contribution in [3.8, 4) is 5.82 Å². The molecule has 0 atom stereocenters. The van der Waals surface area contributed by atoms with E-state index in [9.17, 15) is 4.79 Å². The third-order valence-corrected chi connectivity index (χ3v) is 4.15. The lowest BCUT2D eigenvalue weighted by molar-refractivity contribution is 0.0706. The fourth-order valence-corrected chi connectivity index (χ4v) is 3.04. The lowest BCUT2D eigenvalue weighted by Gasteiger charge is -2.24. The third kappa shape index (κ3) is 2.24. The van der Waals surface area contributed by atoms with E-state index in [-0.39, 0.29) is 17.2 Å². The quantitative estimate of drug-likeness (QED) is 0.726. The van der Waals surface area contributed by atoms with Crippen molar-refractivity contribution in [2.75, 3.05) is 0 Å². The van der Waals surface area contributed by atoms with Crippen LogP contribution in [-0.2, 0) is 18.6 Å². The summed E-state index contributed by atoms with van der Waals surface area (Å²) in [6.07, 6.45) is 5.48. The summed E-state index contributed by atoms with van der Waals surface area (Å²) >= 11 is 0. The van der Waals surface area contributed by atoms with E-state index in [1.807, 2.05) is 29.2 Å². The molecule has 0 N–H and O–H groups in total. The van der Waals surface area contributed by atoms with Gasteiger partial charge in [-0.15, -0.1) is 0 Å².